The van der Waals surface area contributed by atoms with E-state index in [9.17, 15) is 4.79 Å². The van der Waals surface area contributed by atoms with Crippen molar-refractivity contribution in [2.45, 2.75) is 18.9 Å². The van der Waals surface area contributed by atoms with E-state index in [0.29, 0.717) is 48.7 Å². The topological polar surface area (TPSA) is 80.4 Å². The molecule has 1 saturated heterocycles. The van der Waals surface area contributed by atoms with Crippen molar-refractivity contribution in [3.05, 3.63) is 57.2 Å². The van der Waals surface area contributed by atoms with Crippen molar-refractivity contribution in [3.63, 3.8) is 0 Å². The first-order valence-corrected chi connectivity index (χ1v) is 11.9. The molecule has 1 fully saturated rings. The molecule has 4 aromatic rings. The van der Waals surface area contributed by atoms with Crippen molar-refractivity contribution in [1.82, 2.24) is 19.3 Å². The molecule has 10 heteroatoms. The third kappa shape index (κ3) is 4.16. The lowest BCUT2D eigenvalue weighted by molar-refractivity contribution is 0.0699. The largest absolute Gasteiger partial charge is 0.495 e. The van der Waals surface area contributed by atoms with Gasteiger partial charge >= 0.3 is 0 Å². The number of hydrogen-bond donors (Lipinski definition) is 0. The maximum Gasteiger partial charge on any atom is 0.259 e. The third-order valence-corrected chi connectivity index (χ3v) is 7.07. The Labute approximate surface area is 212 Å². The number of rotatable bonds is 5. The average Bonchev–Trinajstić information content (AvgIpc) is 3.31. The van der Waals surface area contributed by atoms with E-state index in [0.717, 1.165) is 22.2 Å². The van der Waals surface area contributed by atoms with Crippen LogP contribution in [0.2, 0.25) is 10.0 Å². The molecule has 5 rings (SSSR count). The number of pyridine rings is 2. The van der Waals surface area contributed by atoms with Gasteiger partial charge < -0.3 is 18.8 Å². The molecule has 1 aliphatic heterocycles. The zero-order valence-corrected chi connectivity index (χ0v) is 21.1. The highest BCUT2D eigenvalue weighted by atomic mass is 35.5. The normalized spacial score (nSPS) is 14.4. The smallest absolute Gasteiger partial charge is 0.259 e. The minimum Gasteiger partial charge on any atom is -0.495 e. The molecule has 1 aromatic carbocycles. The van der Waals surface area contributed by atoms with Crippen molar-refractivity contribution in [2.24, 2.45) is 7.05 Å². The van der Waals surface area contributed by atoms with Gasteiger partial charge in [0.25, 0.3) is 5.56 Å². The second kappa shape index (κ2) is 9.53. The number of hydrogen-bond acceptors (Lipinski definition) is 6. The van der Waals surface area contributed by atoms with Gasteiger partial charge in [-0.2, -0.15) is 5.10 Å². The van der Waals surface area contributed by atoms with Gasteiger partial charge in [0.1, 0.15) is 11.5 Å². The molecule has 0 unspecified atom stereocenters. The maximum absolute atomic E-state index is 14.1. The van der Waals surface area contributed by atoms with E-state index in [4.69, 9.17) is 37.4 Å². The molecule has 182 valence electrons. The molecule has 0 atom stereocenters. The Bertz CT molecular complexity index is 1450. The molecular formula is C25H24Cl2N4O4. The summed E-state index contributed by atoms with van der Waals surface area (Å²) in [6, 6.07) is 5.27. The van der Waals surface area contributed by atoms with E-state index in [2.05, 4.69) is 10.1 Å². The van der Waals surface area contributed by atoms with E-state index in [1.807, 2.05) is 23.9 Å². The van der Waals surface area contributed by atoms with Crippen LogP contribution in [0.3, 0.4) is 0 Å². The molecule has 4 heterocycles. The van der Waals surface area contributed by atoms with Gasteiger partial charge in [-0.1, -0.05) is 23.2 Å². The van der Waals surface area contributed by atoms with Crippen LogP contribution >= 0.6 is 23.2 Å². The molecule has 1 aliphatic rings. The zero-order valence-electron chi connectivity index (χ0n) is 19.5. The molecule has 0 bridgehead atoms. The first-order valence-electron chi connectivity index (χ1n) is 11.1. The fourth-order valence-electron chi connectivity index (χ4n) is 4.55. The van der Waals surface area contributed by atoms with E-state index < -0.39 is 0 Å². The molecule has 0 saturated carbocycles. The monoisotopic (exact) mass is 514 g/mol. The average molecular weight is 515 g/mol. The number of aryl methyl sites for hydroxylation is 1. The van der Waals surface area contributed by atoms with Gasteiger partial charge in [0.15, 0.2) is 0 Å². The van der Waals surface area contributed by atoms with Crippen LogP contribution < -0.4 is 15.0 Å². The van der Waals surface area contributed by atoms with Crippen molar-refractivity contribution < 1.29 is 14.2 Å². The van der Waals surface area contributed by atoms with E-state index in [-0.39, 0.29) is 21.6 Å². The number of aromatic nitrogens is 4. The second-order valence-corrected chi connectivity index (χ2v) is 9.15. The highest BCUT2D eigenvalue weighted by Crippen LogP contribution is 2.45. The number of benzene rings is 1. The Morgan fingerprint density at radius 2 is 1.71 bits per heavy atom. The molecule has 0 amide bonds. The SMILES string of the molecule is COc1cc(OC)c(Cl)c(-c2cc3cnc(-c4cnn(C)c4)cc3n(C3CCOCC3)c2=O)c1Cl. The summed E-state index contributed by atoms with van der Waals surface area (Å²) in [7, 11) is 4.86. The molecule has 35 heavy (non-hydrogen) atoms. The van der Waals surface area contributed by atoms with Crippen LogP contribution in [0.5, 0.6) is 11.5 Å². The van der Waals surface area contributed by atoms with Crippen molar-refractivity contribution in [3.8, 4) is 33.9 Å². The number of fused-ring (bicyclic) bond motifs is 1. The molecular weight excluding hydrogens is 491 g/mol. The number of ether oxygens (including phenoxy) is 3. The highest BCUT2D eigenvalue weighted by Gasteiger charge is 2.26. The van der Waals surface area contributed by atoms with Crippen molar-refractivity contribution >= 4 is 34.1 Å². The Morgan fingerprint density at radius 3 is 2.31 bits per heavy atom. The van der Waals surface area contributed by atoms with Crippen molar-refractivity contribution in [2.75, 3.05) is 27.4 Å². The van der Waals surface area contributed by atoms with Crippen LogP contribution in [0.15, 0.2) is 41.6 Å². The summed E-state index contributed by atoms with van der Waals surface area (Å²) < 4.78 is 20.0. The summed E-state index contributed by atoms with van der Waals surface area (Å²) in [5.41, 5.74) is 2.90. The lowest BCUT2D eigenvalue weighted by Gasteiger charge is -2.27. The second-order valence-electron chi connectivity index (χ2n) is 8.39. The van der Waals surface area contributed by atoms with Gasteiger partial charge in [0, 0.05) is 61.3 Å². The van der Waals surface area contributed by atoms with Gasteiger partial charge in [0.05, 0.1) is 47.2 Å². The first-order chi connectivity index (χ1) is 16.9. The predicted octanol–water partition coefficient (Wildman–Crippen LogP) is 5.14. The molecule has 0 spiro atoms. The summed E-state index contributed by atoms with van der Waals surface area (Å²) in [6.07, 6.45) is 6.83. The minimum absolute atomic E-state index is 0.0482. The van der Waals surface area contributed by atoms with E-state index >= 15 is 0 Å². The summed E-state index contributed by atoms with van der Waals surface area (Å²) >= 11 is 13.4. The zero-order chi connectivity index (χ0) is 24.7. The van der Waals surface area contributed by atoms with Gasteiger partial charge in [-0.3, -0.25) is 14.5 Å². The molecule has 0 aliphatic carbocycles. The number of halogens is 2. The van der Waals surface area contributed by atoms with Gasteiger partial charge in [0.2, 0.25) is 0 Å². The third-order valence-electron chi connectivity index (χ3n) is 6.32. The van der Waals surface area contributed by atoms with Gasteiger partial charge in [-0.05, 0) is 25.0 Å². The molecule has 8 nitrogen and oxygen atoms in total. The van der Waals surface area contributed by atoms with Gasteiger partial charge in [-0.15, -0.1) is 0 Å². The predicted molar refractivity (Wildman–Crippen MR) is 136 cm³/mol. The van der Waals surface area contributed by atoms with Crippen LogP contribution in [-0.4, -0.2) is 46.8 Å². The minimum atomic E-state index is -0.202. The Balaban J connectivity index is 1.82. The standard InChI is InChI=1S/C25H24Cl2N4O4/c1-30-13-15(12-29-30)18-9-19-14(11-28-18)8-17(25(32)31(19)16-4-6-35-7-5-16)22-23(26)20(33-2)10-21(34-3)24(22)27/h8-13,16H,4-7H2,1-3H3. The van der Waals surface area contributed by atoms with E-state index in [1.165, 1.54) is 14.2 Å². The fourth-order valence-corrected chi connectivity index (χ4v) is 5.25. The quantitative estimate of drug-likeness (QED) is 0.366. The van der Waals surface area contributed by atoms with Crippen LogP contribution in [0.1, 0.15) is 18.9 Å². The maximum atomic E-state index is 14.1. The Hall–Kier alpha value is -3.07. The van der Waals surface area contributed by atoms with Gasteiger partial charge in [-0.25, -0.2) is 0 Å². The first kappa shape index (κ1) is 23.7. The van der Waals surface area contributed by atoms with Crippen molar-refractivity contribution in [1.29, 1.82) is 0 Å². The van der Waals surface area contributed by atoms with Crippen LogP contribution in [0, 0.1) is 0 Å². The lowest BCUT2D eigenvalue weighted by atomic mass is 10.0. The molecule has 3 aromatic heterocycles. The number of methoxy groups -OCH3 is 2. The summed E-state index contributed by atoms with van der Waals surface area (Å²) in [5.74, 6) is 0.732. The molecule has 0 radical (unpaired) electrons. The number of nitrogens with zero attached hydrogens (tertiary/aromatic N) is 4. The summed E-state index contributed by atoms with van der Waals surface area (Å²) in [5, 5.41) is 5.52. The lowest BCUT2D eigenvalue weighted by Crippen LogP contribution is -2.30. The Kier molecular flexibility index (Phi) is 6.44. The highest BCUT2D eigenvalue weighted by molar-refractivity contribution is 6.41. The van der Waals surface area contributed by atoms with Crippen LogP contribution in [0.25, 0.3) is 33.3 Å². The van der Waals surface area contributed by atoms with E-state index in [1.54, 1.807) is 29.2 Å². The summed E-state index contributed by atoms with van der Waals surface area (Å²) in [6.45, 7) is 1.16. The van der Waals surface area contributed by atoms with Crippen LogP contribution in [0.4, 0.5) is 0 Å². The fraction of sp³-hybridized carbons (Fsp3) is 0.320. The summed E-state index contributed by atoms with van der Waals surface area (Å²) in [4.78, 5) is 18.8. The molecule has 0 N–H and O–H groups in total. The van der Waals surface area contributed by atoms with Crippen LogP contribution in [-0.2, 0) is 11.8 Å². The Morgan fingerprint density at radius 1 is 1.03 bits per heavy atom.